The molecule has 0 saturated heterocycles. The van der Waals surface area contributed by atoms with Crippen LogP contribution in [-0.4, -0.2) is 31.0 Å². The van der Waals surface area contributed by atoms with E-state index in [1.807, 2.05) is 32.0 Å². The van der Waals surface area contributed by atoms with E-state index in [9.17, 15) is 19.2 Å². The van der Waals surface area contributed by atoms with E-state index >= 15 is 0 Å². The fourth-order valence-electron chi connectivity index (χ4n) is 3.45. The molecule has 0 aliphatic carbocycles. The predicted molar refractivity (Wildman–Crippen MR) is 123 cm³/mol. The molecule has 1 amide bonds. The molecule has 2 heterocycles. The summed E-state index contributed by atoms with van der Waals surface area (Å²) in [5, 5.41) is 2.49. The average Bonchev–Trinajstić information content (AvgIpc) is 3.16. The fraction of sp³-hybridized carbons (Fsp3) is 0.348. The molecule has 2 aromatic heterocycles. The van der Waals surface area contributed by atoms with Crippen LogP contribution >= 0.6 is 0 Å². The van der Waals surface area contributed by atoms with E-state index in [0.717, 1.165) is 12.8 Å². The van der Waals surface area contributed by atoms with Crippen molar-refractivity contribution in [1.82, 2.24) is 24.4 Å². The monoisotopic (exact) mass is 453 g/mol. The Hall–Kier alpha value is -3.95. The van der Waals surface area contributed by atoms with Gasteiger partial charge < -0.3 is 14.6 Å². The Morgan fingerprint density at radius 1 is 1.15 bits per heavy atom. The van der Waals surface area contributed by atoms with E-state index in [4.69, 9.17) is 4.74 Å². The largest absolute Gasteiger partial charge is 0.453 e. The number of aromatic amines is 1. The highest BCUT2D eigenvalue weighted by Gasteiger charge is 2.20. The van der Waals surface area contributed by atoms with Gasteiger partial charge in [0.15, 0.2) is 11.2 Å². The van der Waals surface area contributed by atoms with Crippen LogP contribution in [0.3, 0.4) is 0 Å². The normalized spacial score (nSPS) is 11.5. The fourth-order valence-corrected chi connectivity index (χ4v) is 3.45. The van der Waals surface area contributed by atoms with Crippen LogP contribution in [0.25, 0.3) is 17.2 Å². The van der Waals surface area contributed by atoms with Gasteiger partial charge >= 0.3 is 11.7 Å². The number of hydrogen-bond donors (Lipinski definition) is 2. The molecular formula is C23H27N5O5. The highest BCUT2D eigenvalue weighted by Crippen LogP contribution is 2.14. The zero-order chi connectivity index (χ0) is 24.0. The maximum absolute atomic E-state index is 12.7. The minimum atomic E-state index is -0.749. The highest BCUT2D eigenvalue weighted by atomic mass is 16.5. The van der Waals surface area contributed by atoms with Crippen LogP contribution in [-0.2, 0) is 34.0 Å². The van der Waals surface area contributed by atoms with Gasteiger partial charge in [-0.1, -0.05) is 43.7 Å². The molecule has 174 valence electrons. The van der Waals surface area contributed by atoms with Crippen LogP contribution in [0.15, 0.2) is 45.6 Å². The molecule has 10 heteroatoms. The van der Waals surface area contributed by atoms with Crippen molar-refractivity contribution in [3.8, 4) is 0 Å². The van der Waals surface area contributed by atoms with E-state index in [1.54, 1.807) is 16.7 Å². The summed E-state index contributed by atoms with van der Waals surface area (Å²) in [6.07, 6.45) is 3.13. The maximum atomic E-state index is 12.7. The molecule has 0 aliphatic heterocycles. The van der Waals surface area contributed by atoms with Crippen LogP contribution in [0.1, 0.15) is 45.0 Å². The number of rotatable bonds is 9. The number of carbonyl (C=O) groups excluding carboxylic acids is 2. The maximum Gasteiger partial charge on any atom is 0.355 e. The van der Waals surface area contributed by atoms with Crippen molar-refractivity contribution in [2.24, 2.45) is 0 Å². The molecular weight excluding hydrogens is 426 g/mol. The Morgan fingerprint density at radius 3 is 2.52 bits per heavy atom. The number of benzene rings is 1. The van der Waals surface area contributed by atoms with E-state index < -0.39 is 23.1 Å². The van der Waals surface area contributed by atoms with Gasteiger partial charge in [0, 0.05) is 20.0 Å². The summed E-state index contributed by atoms with van der Waals surface area (Å²) >= 11 is 0. The van der Waals surface area contributed by atoms with Crippen molar-refractivity contribution in [2.45, 2.75) is 53.3 Å². The van der Waals surface area contributed by atoms with Gasteiger partial charge in [0.2, 0.25) is 5.91 Å². The standard InChI is InChI=1S/C23H27N5O5/c1-4-6-12-28-20-19(21(30)26-23(28)32)27(5-2)18(25-20)14-33-22(31)17(24-15(3)29)13-16-10-8-7-9-11-16/h7-11,13H,4-6,12,14H2,1-3H3,(H,24,29)(H,26,30,32)/b17-13-. The van der Waals surface area contributed by atoms with Crippen molar-refractivity contribution in [3.05, 3.63) is 68.3 Å². The molecule has 0 radical (unpaired) electrons. The topological polar surface area (TPSA) is 128 Å². The number of amides is 1. The molecule has 3 aromatic rings. The van der Waals surface area contributed by atoms with E-state index in [2.05, 4.69) is 15.3 Å². The van der Waals surface area contributed by atoms with Crippen molar-refractivity contribution in [1.29, 1.82) is 0 Å². The summed E-state index contributed by atoms with van der Waals surface area (Å²) in [5.74, 6) is -0.841. The van der Waals surface area contributed by atoms with Gasteiger partial charge in [-0.05, 0) is 25.0 Å². The number of aryl methyl sites for hydroxylation is 2. The Labute approximate surface area is 189 Å². The smallest absolute Gasteiger partial charge is 0.355 e. The minimum Gasteiger partial charge on any atom is -0.453 e. The third kappa shape index (κ3) is 5.46. The van der Waals surface area contributed by atoms with Crippen LogP contribution in [0.5, 0.6) is 0 Å². The lowest BCUT2D eigenvalue weighted by Gasteiger charge is -2.10. The lowest BCUT2D eigenvalue weighted by atomic mass is 10.2. The molecule has 1 aromatic carbocycles. The van der Waals surface area contributed by atoms with Gasteiger partial charge in [-0.25, -0.2) is 14.6 Å². The lowest BCUT2D eigenvalue weighted by Crippen LogP contribution is -2.31. The minimum absolute atomic E-state index is 0.0226. The van der Waals surface area contributed by atoms with E-state index in [-0.39, 0.29) is 23.5 Å². The molecule has 33 heavy (non-hydrogen) atoms. The van der Waals surface area contributed by atoms with Crippen molar-refractivity contribution in [3.63, 3.8) is 0 Å². The first-order valence-electron chi connectivity index (χ1n) is 10.8. The van der Waals surface area contributed by atoms with Crippen molar-refractivity contribution < 1.29 is 14.3 Å². The molecule has 0 fully saturated rings. The number of carbonyl (C=O) groups is 2. The second kappa shape index (κ2) is 10.6. The average molecular weight is 453 g/mol. The SMILES string of the molecule is CCCCn1c(=O)[nH]c(=O)c2c1nc(COC(=O)/C(=C/c1ccccc1)NC(C)=O)n2CC. The zero-order valence-corrected chi connectivity index (χ0v) is 18.9. The number of ether oxygens (including phenoxy) is 1. The van der Waals surface area contributed by atoms with Gasteiger partial charge in [0.25, 0.3) is 5.56 Å². The molecule has 10 nitrogen and oxygen atoms in total. The number of nitrogens with zero attached hydrogens (tertiary/aromatic N) is 3. The Bertz CT molecular complexity index is 1300. The van der Waals surface area contributed by atoms with Crippen LogP contribution in [0.4, 0.5) is 0 Å². The number of esters is 1. The molecule has 0 atom stereocenters. The summed E-state index contributed by atoms with van der Waals surface area (Å²) in [6.45, 7) is 5.68. The highest BCUT2D eigenvalue weighted by molar-refractivity contribution is 5.97. The van der Waals surface area contributed by atoms with Gasteiger partial charge in [-0.2, -0.15) is 0 Å². The van der Waals surface area contributed by atoms with Crippen molar-refractivity contribution >= 4 is 29.1 Å². The number of H-pyrrole nitrogens is 1. The summed E-state index contributed by atoms with van der Waals surface area (Å²) < 4.78 is 8.46. The molecule has 0 aliphatic rings. The van der Waals surface area contributed by atoms with E-state index in [0.29, 0.717) is 24.5 Å². The number of unbranched alkanes of at least 4 members (excludes halogenated alkanes) is 1. The number of imidazole rings is 1. The molecule has 3 rings (SSSR count). The number of nitrogens with one attached hydrogen (secondary N) is 2. The lowest BCUT2D eigenvalue weighted by molar-refractivity contribution is -0.141. The molecule has 2 N–H and O–H groups in total. The quantitative estimate of drug-likeness (QED) is 0.376. The Balaban J connectivity index is 1.93. The summed E-state index contributed by atoms with van der Waals surface area (Å²) in [6, 6.07) is 9.02. The molecule has 0 unspecified atom stereocenters. The van der Waals surface area contributed by atoms with Crippen LogP contribution in [0, 0.1) is 0 Å². The van der Waals surface area contributed by atoms with Gasteiger partial charge in [0.05, 0.1) is 0 Å². The Kier molecular flexibility index (Phi) is 7.60. The second-order valence-corrected chi connectivity index (χ2v) is 7.43. The van der Waals surface area contributed by atoms with Gasteiger partial charge in [-0.3, -0.25) is 19.1 Å². The summed E-state index contributed by atoms with van der Waals surface area (Å²) in [5.41, 5.74) is 0.130. The van der Waals surface area contributed by atoms with Gasteiger partial charge in [0.1, 0.15) is 18.1 Å². The number of fused-ring (bicyclic) bond motifs is 1. The first kappa shape index (κ1) is 23.7. The summed E-state index contributed by atoms with van der Waals surface area (Å²) in [7, 11) is 0. The molecule has 0 spiro atoms. The third-order valence-corrected chi connectivity index (χ3v) is 4.99. The molecule has 0 saturated carbocycles. The molecule has 0 bridgehead atoms. The second-order valence-electron chi connectivity index (χ2n) is 7.43. The number of aromatic nitrogens is 4. The first-order chi connectivity index (χ1) is 15.8. The summed E-state index contributed by atoms with van der Waals surface area (Å²) in [4.78, 5) is 55.9. The van der Waals surface area contributed by atoms with Crippen LogP contribution < -0.4 is 16.6 Å². The third-order valence-electron chi connectivity index (χ3n) is 4.99. The Morgan fingerprint density at radius 2 is 1.88 bits per heavy atom. The van der Waals surface area contributed by atoms with E-state index in [1.165, 1.54) is 17.6 Å². The predicted octanol–water partition coefficient (Wildman–Crippen LogP) is 1.93. The zero-order valence-electron chi connectivity index (χ0n) is 18.9. The first-order valence-corrected chi connectivity index (χ1v) is 10.8. The van der Waals surface area contributed by atoms with Crippen LogP contribution in [0.2, 0.25) is 0 Å². The van der Waals surface area contributed by atoms with Crippen molar-refractivity contribution in [2.75, 3.05) is 0 Å². The van der Waals surface area contributed by atoms with Gasteiger partial charge in [-0.15, -0.1) is 0 Å². The number of hydrogen-bond acceptors (Lipinski definition) is 6.